The lowest BCUT2D eigenvalue weighted by Gasteiger charge is -2.23. The highest BCUT2D eigenvalue weighted by molar-refractivity contribution is 6.01. The van der Waals surface area contributed by atoms with E-state index in [4.69, 9.17) is 9.15 Å². The van der Waals surface area contributed by atoms with Crippen LogP contribution in [0.25, 0.3) is 28.2 Å². The fourth-order valence-electron chi connectivity index (χ4n) is 5.01. The molecule has 1 saturated carbocycles. The average molecular weight is 405 g/mol. The maximum absolute atomic E-state index is 12.2. The maximum Gasteiger partial charge on any atom is 0.337 e. The van der Waals surface area contributed by atoms with Crippen LogP contribution in [0.3, 0.4) is 0 Å². The summed E-state index contributed by atoms with van der Waals surface area (Å²) >= 11 is 0. The van der Waals surface area contributed by atoms with Crippen LogP contribution in [0.1, 0.15) is 59.7 Å². The Morgan fingerprint density at radius 3 is 2.70 bits per heavy atom. The Balaban J connectivity index is 1.83. The maximum atomic E-state index is 12.2. The molecule has 3 heterocycles. The molecule has 0 radical (unpaired) electrons. The van der Waals surface area contributed by atoms with Crippen molar-refractivity contribution < 1.29 is 23.8 Å². The minimum absolute atomic E-state index is 0.211. The number of hydrogen-bond acceptors (Lipinski definition) is 4. The van der Waals surface area contributed by atoms with Crippen molar-refractivity contribution in [2.75, 3.05) is 7.11 Å². The third-order valence-corrected chi connectivity index (χ3v) is 6.40. The van der Waals surface area contributed by atoms with E-state index in [1.165, 1.54) is 31.9 Å². The number of carboxylic acids is 1. The van der Waals surface area contributed by atoms with Crippen LogP contribution < -0.4 is 0 Å². The van der Waals surface area contributed by atoms with E-state index >= 15 is 0 Å². The van der Waals surface area contributed by atoms with Crippen molar-refractivity contribution in [2.24, 2.45) is 0 Å². The van der Waals surface area contributed by atoms with Crippen LogP contribution in [-0.4, -0.2) is 28.7 Å². The Bertz CT molecular complexity index is 1190. The molecule has 0 atom stereocenters. The highest BCUT2D eigenvalue weighted by Gasteiger charge is 2.31. The molecule has 0 unspecified atom stereocenters. The first-order chi connectivity index (χ1) is 14.6. The fourth-order valence-corrected chi connectivity index (χ4v) is 5.01. The van der Waals surface area contributed by atoms with Gasteiger partial charge in [-0.1, -0.05) is 25.3 Å². The molecule has 6 heteroatoms. The molecular formula is C24H23NO5. The van der Waals surface area contributed by atoms with Gasteiger partial charge in [0.2, 0.25) is 0 Å². The zero-order valence-corrected chi connectivity index (χ0v) is 16.8. The van der Waals surface area contributed by atoms with E-state index in [1.807, 2.05) is 22.8 Å². The van der Waals surface area contributed by atoms with Gasteiger partial charge in [0.25, 0.3) is 0 Å². The molecule has 1 aromatic carbocycles. The van der Waals surface area contributed by atoms with Crippen molar-refractivity contribution in [1.29, 1.82) is 0 Å². The number of fused-ring (bicyclic) bond motifs is 5. The number of aliphatic carboxylic acids is 1. The average Bonchev–Trinajstić information content (AvgIpc) is 3.30. The van der Waals surface area contributed by atoms with Gasteiger partial charge in [-0.3, -0.25) is 0 Å². The summed E-state index contributed by atoms with van der Waals surface area (Å²) in [5, 5.41) is 10.8. The summed E-state index contributed by atoms with van der Waals surface area (Å²) in [5.41, 5.74) is 4.72. The molecule has 30 heavy (non-hydrogen) atoms. The van der Waals surface area contributed by atoms with Crippen LogP contribution in [-0.2, 0) is 16.1 Å². The molecule has 0 amide bonds. The third-order valence-electron chi connectivity index (χ3n) is 6.40. The first kappa shape index (κ1) is 18.7. The summed E-state index contributed by atoms with van der Waals surface area (Å²) in [6.45, 7) is 0.211. The Hall–Kier alpha value is -3.28. The van der Waals surface area contributed by atoms with Crippen LogP contribution in [0.5, 0.6) is 0 Å². The van der Waals surface area contributed by atoms with E-state index < -0.39 is 11.9 Å². The number of carboxylic acid groups (broad SMARTS) is 1. The molecule has 5 rings (SSSR count). The van der Waals surface area contributed by atoms with E-state index in [0.29, 0.717) is 17.2 Å². The normalized spacial score (nSPS) is 16.5. The standard InChI is InChI=1S/C24H23NO5/c1-29-24(28)15-7-8-17-19(11-15)25-13-16(23(26)27)12-20-18(9-10-30-20)22(25)21(17)14-5-3-2-4-6-14/h7-12,14H,2-6,13H2,1H3,(H,26,27). The smallest absolute Gasteiger partial charge is 0.337 e. The number of ether oxygens (including phenoxy) is 1. The van der Waals surface area contributed by atoms with Crippen LogP contribution in [0.4, 0.5) is 0 Å². The molecule has 6 nitrogen and oxygen atoms in total. The summed E-state index contributed by atoms with van der Waals surface area (Å²) in [5.74, 6) is -0.413. The number of nitrogens with zero attached hydrogens (tertiary/aromatic N) is 1. The third kappa shape index (κ3) is 2.86. The molecule has 2 aliphatic rings. The molecule has 1 aliphatic carbocycles. The van der Waals surface area contributed by atoms with Crippen molar-refractivity contribution in [2.45, 2.75) is 44.6 Å². The Labute approximate surface area is 173 Å². The Morgan fingerprint density at radius 1 is 1.17 bits per heavy atom. The highest BCUT2D eigenvalue weighted by Crippen LogP contribution is 2.46. The van der Waals surface area contributed by atoms with Gasteiger partial charge >= 0.3 is 11.9 Å². The molecule has 1 aliphatic heterocycles. The number of benzene rings is 1. The number of carbonyl (C=O) groups is 2. The minimum atomic E-state index is -0.976. The quantitative estimate of drug-likeness (QED) is 0.605. The summed E-state index contributed by atoms with van der Waals surface area (Å²) < 4.78 is 12.6. The topological polar surface area (TPSA) is 81.7 Å². The van der Waals surface area contributed by atoms with E-state index in [9.17, 15) is 14.7 Å². The molecule has 0 spiro atoms. The van der Waals surface area contributed by atoms with Crippen LogP contribution >= 0.6 is 0 Å². The van der Waals surface area contributed by atoms with Gasteiger partial charge in [0.15, 0.2) is 0 Å². The predicted octanol–water partition coefficient (Wildman–Crippen LogP) is 5.22. The summed E-state index contributed by atoms with van der Waals surface area (Å²) in [6.07, 6.45) is 9.07. The lowest BCUT2D eigenvalue weighted by Crippen LogP contribution is -2.10. The van der Waals surface area contributed by atoms with Crippen molar-refractivity contribution >= 4 is 28.9 Å². The van der Waals surface area contributed by atoms with E-state index in [2.05, 4.69) is 0 Å². The number of aromatic nitrogens is 1. The SMILES string of the molecule is COC(=O)c1ccc2c(C3CCCCC3)c3n(c2c1)CC(C(=O)O)=Cc1occc1-3. The van der Waals surface area contributed by atoms with Gasteiger partial charge in [-0.05, 0) is 48.6 Å². The van der Waals surface area contributed by atoms with E-state index in [-0.39, 0.29) is 12.1 Å². The van der Waals surface area contributed by atoms with Crippen molar-refractivity contribution in [1.82, 2.24) is 4.57 Å². The van der Waals surface area contributed by atoms with Gasteiger partial charge < -0.3 is 18.8 Å². The second-order valence-electron chi connectivity index (χ2n) is 8.08. The van der Waals surface area contributed by atoms with Crippen molar-refractivity contribution in [3.63, 3.8) is 0 Å². The summed E-state index contributed by atoms with van der Waals surface area (Å²) in [6, 6.07) is 7.51. The molecule has 0 bridgehead atoms. The molecule has 0 saturated heterocycles. The number of rotatable bonds is 3. The predicted molar refractivity (Wildman–Crippen MR) is 112 cm³/mol. The zero-order valence-electron chi connectivity index (χ0n) is 16.8. The van der Waals surface area contributed by atoms with Gasteiger partial charge in [0, 0.05) is 16.5 Å². The number of furan rings is 1. The zero-order chi connectivity index (χ0) is 20.8. The number of carbonyl (C=O) groups excluding carboxylic acids is 1. The summed E-state index contributed by atoms with van der Waals surface area (Å²) in [4.78, 5) is 24.1. The van der Waals surface area contributed by atoms with Gasteiger partial charge in [0.1, 0.15) is 5.76 Å². The van der Waals surface area contributed by atoms with Crippen molar-refractivity contribution in [3.05, 3.63) is 53.0 Å². The monoisotopic (exact) mass is 405 g/mol. The number of esters is 1. The molecule has 1 N–H and O–H groups in total. The largest absolute Gasteiger partial charge is 0.478 e. The number of methoxy groups -OCH3 is 1. The van der Waals surface area contributed by atoms with Crippen molar-refractivity contribution in [3.8, 4) is 11.3 Å². The van der Waals surface area contributed by atoms with Crippen LogP contribution in [0.2, 0.25) is 0 Å². The van der Waals surface area contributed by atoms with E-state index in [0.717, 1.165) is 35.0 Å². The molecule has 154 valence electrons. The lowest BCUT2D eigenvalue weighted by atomic mass is 9.82. The van der Waals surface area contributed by atoms with Crippen LogP contribution in [0.15, 0.2) is 40.5 Å². The molecule has 1 fully saturated rings. The first-order valence-corrected chi connectivity index (χ1v) is 10.3. The summed E-state index contributed by atoms with van der Waals surface area (Å²) in [7, 11) is 1.36. The second kappa shape index (κ2) is 7.20. The number of hydrogen-bond donors (Lipinski definition) is 1. The van der Waals surface area contributed by atoms with Gasteiger partial charge in [-0.25, -0.2) is 9.59 Å². The second-order valence-corrected chi connectivity index (χ2v) is 8.08. The first-order valence-electron chi connectivity index (χ1n) is 10.3. The molecule has 2 aromatic heterocycles. The lowest BCUT2D eigenvalue weighted by molar-refractivity contribution is -0.132. The minimum Gasteiger partial charge on any atom is -0.478 e. The molecule has 3 aromatic rings. The Morgan fingerprint density at radius 2 is 1.97 bits per heavy atom. The van der Waals surface area contributed by atoms with E-state index in [1.54, 1.807) is 18.4 Å². The van der Waals surface area contributed by atoms with Gasteiger partial charge in [-0.2, -0.15) is 0 Å². The fraction of sp³-hybridized carbons (Fsp3) is 0.333. The Kier molecular flexibility index (Phi) is 4.50. The molecular weight excluding hydrogens is 382 g/mol. The van der Waals surface area contributed by atoms with Gasteiger partial charge in [-0.15, -0.1) is 0 Å². The highest BCUT2D eigenvalue weighted by atomic mass is 16.5. The van der Waals surface area contributed by atoms with Crippen LogP contribution in [0, 0.1) is 0 Å². The van der Waals surface area contributed by atoms with Gasteiger partial charge in [0.05, 0.1) is 36.7 Å².